The van der Waals surface area contributed by atoms with E-state index in [2.05, 4.69) is 16.3 Å². The average Bonchev–Trinajstić information content (AvgIpc) is 3.42. The molecule has 0 unspecified atom stereocenters. The fraction of sp³-hybridized carbons (Fsp3) is 0.423. The van der Waals surface area contributed by atoms with Crippen molar-refractivity contribution < 1.29 is 19.1 Å². The Labute approximate surface area is 199 Å². The normalized spacial score (nSPS) is 22.1. The molecule has 1 aliphatic carbocycles. The SMILES string of the molecule is COc1ccc(N2CCN(C(=O)CN3C(=O)N[C@](C)(c4ccc5c(c4)CCC5)C3=O)CC2)cc1. The first kappa shape index (κ1) is 22.3. The number of urea groups is 1. The average molecular weight is 463 g/mol. The minimum atomic E-state index is -1.15. The number of methoxy groups -OCH3 is 1. The van der Waals surface area contributed by atoms with E-state index in [1.165, 1.54) is 11.1 Å². The molecule has 2 aliphatic heterocycles. The van der Waals surface area contributed by atoms with E-state index >= 15 is 0 Å². The number of anilines is 1. The zero-order chi connectivity index (χ0) is 23.9. The summed E-state index contributed by atoms with van der Waals surface area (Å²) in [5.41, 5.74) is 3.25. The number of imide groups is 1. The molecule has 3 aliphatic rings. The van der Waals surface area contributed by atoms with Gasteiger partial charge in [0.2, 0.25) is 5.91 Å². The third kappa shape index (κ3) is 3.87. The van der Waals surface area contributed by atoms with E-state index in [1.54, 1.807) is 18.9 Å². The first-order chi connectivity index (χ1) is 16.4. The maximum absolute atomic E-state index is 13.3. The zero-order valence-electron chi connectivity index (χ0n) is 19.7. The lowest BCUT2D eigenvalue weighted by Gasteiger charge is -2.36. The van der Waals surface area contributed by atoms with Gasteiger partial charge in [-0.1, -0.05) is 18.2 Å². The molecule has 0 saturated carbocycles. The van der Waals surface area contributed by atoms with Crippen molar-refractivity contribution in [3.8, 4) is 5.75 Å². The van der Waals surface area contributed by atoms with E-state index in [1.807, 2.05) is 36.4 Å². The Kier molecular flexibility index (Phi) is 5.67. The number of carbonyl (C=O) groups is 3. The molecule has 0 bridgehead atoms. The topological polar surface area (TPSA) is 82.2 Å². The molecule has 1 N–H and O–H groups in total. The number of piperazine rings is 1. The number of hydrogen-bond acceptors (Lipinski definition) is 5. The quantitative estimate of drug-likeness (QED) is 0.690. The van der Waals surface area contributed by atoms with Crippen molar-refractivity contribution in [3.05, 3.63) is 59.2 Å². The molecule has 0 radical (unpaired) electrons. The largest absolute Gasteiger partial charge is 0.497 e. The number of fused-ring (bicyclic) bond motifs is 1. The van der Waals surface area contributed by atoms with Gasteiger partial charge in [0, 0.05) is 31.9 Å². The van der Waals surface area contributed by atoms with Gasteiger partial charge in [-0.3, -0.25) is 14.5 Å². The third-order valence-electron chi connectivity index (χ3n) is 7.31. The summed E-state index contributed by atoms with van der Waals surface area (Å²) in [6.07, 6.45) is 3.16. The smallest absolute Gasteiger partial charge is 0.325 e. The molecule has 0 spiro atoms. The fourth-order valence-electron chi connectivity index (χ4n) is 5.16. The van der Waals surface area contributed by atoms with Gasteiger partial charge < -0.3 is 19.9 Å². The van der Waals surface area contributed by atoms with E-state index in [9.17, 15) is 14.4 Å². The lowest BCUT2D eigenvalue weighted by Crippen LogP contribution is -2.52. The summed E-state index contributed by atoms with van der Waals surface area (Å²) in [5, 5.41) is 2.83. The summed E-state index contributed by atoms with van der Waals surface area (Å²) in [4.78, 5) is 44.0. The van der Waals surface area contributed by atoms with E-state index in [-0.39, 0.29) is 18.4 Å². The van der Waals surface area contributed by atoms with Crippen LogP contribution >= 0.6 is 0 Å². The number of ether oxygens (including phenoxy) is 1. The lowest BCUT2D eigenvalue weighted by atomic mass is 9.89. The number of nitrogens with one attached hydrogen (secondary N) is 1. The van der Waals surface area contributed by atoms with Crippen molar-refractivity contribution in [2.75, 3.05) is 44.7 Å². The van der Waals surface area contributed by atoms with Gasteiger partial charge in [-0.15, -0.1) is 0 Å². The Bertz CT molecular complexity index is 1120. The van der Waals surface area contributed by atoms with Crippen LogP contribution in [0.1, 0.15) is 30.0 Å². The standard InChI is InChI=1S/C26H30N4O4/c1-26(20-7-6-18-4-3-5-19(18)16-20)24(32)30(25(33)27-26)17-23(31)29-14-12-28(13-15-29)21-8-10-22(34-2)11-9-21/h6-11,16H,3-5,12-15,17H2,1-2H3,(H,27,33)/t26-/m1/s1. The van der Waals surface area contributed by atoms with Crippen molar-refractivity contribution in [2.45, 2.75) is 31.7 Å². The molecule has 2 aromatic carbocycles. The number of benzene rings is 2. The molecule has 2 fully saturated rings. The Hall–Kier alpha value is -3.55. The predicted molar refractivity (Wildman–Crippen MR) is 128 cm³/mol. The zero-order valence-corrected chi connectivity index (χ0v) is 19.7. The minimum Gasteiger partial charge on any atom is -0.497 e. The third-order valence-corrected chi connectivity index (χ3v) is 7.31. The van der Waals surface area contributed by atoms with Crippen molar-refractivity contribution in [1.82, 2.24) is 15.1 Å². The Morgan fingerprint density at radius 2 is 1.71 bits per heavy atom. The highest BCUT2D eigenvalue weighted by atomic mass is 16.5. The highest BCUT2D eigenvalue weighted by molar-refractivity contribution is 6.09. The van der Waals surface area contributed by atoms with Gasteiger partial charge in [-0.05, 0) is 67.1 Å². The second-order valence-corrected chi connectivity index (χ2v) is 9.35. The van der Waals surface area contributed by atoms with Crippen molar-refractivity contribution in [2.24, 2.45) is 0 Å². The van der Waals surface area contributed by atoms with E-state index in [0.717, 1.165) is 41.2 Å². The molecule has 2 saturated heterocycles. The van der Waals surface area contributed by atoms with Crippen LogP contribution in [0.15, 0.2) is 42.5 Å². The fourth-order valence-corrected chi connectivity index (χ4v) is 5.16. The van der Waals surface area contributed by atoms with Crippen LogP contribution < -0.4 is 15.0 Å². The van der Waals surface area contributed by atoms with Crippen molar-refractivity contribution >= 4 is 23.5 Å². The van der Waals surface area contributed by atoms with Crippen LogP contribution in [0.3, 0.4) is 0 Å². The number of amides is 4. The second-order valence-electron chi connectivity index (χ2n) is 9.35. The van der Waals surface area contributed by atoms with Gasteiger partial charge in [0.15, 0.2) is 0 Å². The number of hydrogen-bond donors (Lipinski definition) is 1. The summed E-state index contributed by atoms with van der Waals surface area (Å²) < 4.78 is 5.21. The monoisotopic (exact) mass is 462 g/mol. The van der Waals surface area contributed by atoms with Gasteiger partial charge in [-0.25, -0.2) is 4.79 Å². The molecule has 2 heterocycles. The molecular weight excluding hydrogens is 432 g/mol. The van der Waals surface area contributed by atoms with Crippen LogP contribution in [0.4, 0.5) is 10.5 Å². The van der Waals surface area contributed by atoms with Gasteiger partial charge in [0.1, 0.15) is 17.8 Å². The molecule has 1 atom stereocenters. The molecule has 34 heavy (non-hydrogen) atoms. The lowest BCUT2D eigenvalue weighted by molar-refractivity contribution is -0.139. The number of aryl methyl sites for hydroxylation is 2. The minimum absolute atomic E-state index is 0.212. The Morgan fingerprint density at radius 1 is 1.00 bits per heavy atom. The summed E-state index contributed by atoms with van der Waals surface area (Å²) >= 11 is 0. The van der Waals surface area contributed by atoms with E-state index in [4.69, 9.17) is 4.74 Å². The molecular formula is C26H30N4O4. The first-order valence-electron chi connectivity index (χ1n) is 11.8. The van der Waals surface area contributed by atoms with Gasteiger partial charge in [-0.2, -0.15) is 0 Å². The van der Waals surface area contributed by atoms with Gasteiger partial charge in [0.05, 0.1) is 7.11 Å². The van der Waals surface area contributed by atoms with Crippen LogP contribution in [-0.4, -0.2) is 67.5 Å². The molecule has 2 aromatic rings. The highest BCUT2D eigenvalue weighted by Gasteiger charge is 2.50. The van der Waals surface area contributed by atoms with Crippen LogP contribution in [0.25, 0.3) is 0 Å². The van der Waals surface area contributed by atoms with Crippen molar-refractivity contribution in [3.63, 3.8) is 0 Å². The molecule has 178 valence electrons. The van der Waals surface area contributed by atoms with E-state index < -0.39 is 11.6 Å². The second kappa shape index (κ2) is 8.66. The van der Waals surface area contributed by atoms with Crippen LogP contribution in [-0.2, 0) is 28.0 Å². The van der Waals surface area contributed by atoms with Crippen LogP contribution in [0.5, 0.6) is 5.75 Å². The van der Waals surface area contributed by atoms with Crippen LogP contribution in [0, 0.1) is 0 Å². The maximum atomic E-state index is 13.3. The number of rotatable bonds is 5. The van der Waals surface area contributed by atoms with Gasteiger partial charge in [0.25, 0.3) is 5.91 Å². The number of carbonyl (C=O) groups excluding carboxylic acids is 3. The summed E-state index contributed by atoms with van der Waals surface area (Å²) in [7, 11) is 1.64. The van der Waals surface area contributed by atoms with Gasteiger partial charge >= 0.3 is 6.03 Å². The predicted octanol–water partition coefficient (Wildman–Crippen LogP) is 2.30. The molecule has 8 heteroatoms. The highest BCUT2D eigenvalue weighted by Crippen LogP contribution is 2.32. The summed E-state index contributed by atoms with van der Waals surface area (Å²) in [6.45, 7) is 3.93. The molecule has 5 rings (SSSR count). The van der Waals surface area contributed by atoms with Crippen molar-refractivity contribution in [1.29, 1.82) is 0 Å². The molecule has 8 nitrogen and oxygen atoms in total. The molecule has 0 aromatic heterocycles. The first-order valence-corrected chi connectivity index (χ1v) is 11.8. The van der Waals surface area contributed by atoms with Crippen LogP contribution in [0.2, 0.25) is 0 Å². The van der Waals surface area contributed by atoms with E-state index in [0.29, 0.717) is 26.2 Å². The summed E-state index contributed by atoms with van der Waals surface area (Å²) in [5.74, 6) is 0.217. The summed E-state index contributed by atoms with van der Waals surface area (Å²) in [6, 6.07) is 13.3. The molecule has 4 amide bonds. The number of nitrogens with zero attached hydrogens (tertiary/aromatic N) is 3. The Morgan fingerprint density at radius 3 is 2.41 bits per heavy atom. The maximum Gasteiger partial charge on any atom is 0.325 e. The Balaban J connectivity index is 1.22.